The van der Waals surface area contributed by atoms with E-state index in [0.29, 0.717) is 33.0 Å². The van der Waals surface area contributed by atoms with Crippen molar-refractivity contribution < 1.29 is 24.3 Å². The van der Waals surface area contributed by atoms with Gasteiger partial charge in [-0.2, -0.15) is 0 Å². The lowest BCUT2D eigenvalue weighted by molar-refractivity contribution is 0.0490. The monoisotopic (exact) mass is 588 g/mol. The number of benzene rings is 7. The van der Waals surface area contributed by atoms with E-state index < -0.39 is 17.9 Å². The molecule has 0 saturated heterocycles. The fourth-order valence-electron chi connectivity index (χ4n) is 7.56. The molecule has 0 aliphatic carbocycles. The molecular formula is C38H24N2O5. The van der Waals surface area contributed by atoms with Crippen molar-refractivity contribution in [3.63, 3.8) is 0 Å². The number of aliphatic hydroxyl groups is 1. The van der Waals surface area contributed by atoms with Gasteiger partial charge in [0.15, 0.2) is 0 Å². The highest BCUT2D eigenvalue weighted by molar-refractivity contribution is 6.41. The van der Waals surface area contributed by atoms with Crippen LogP contribution >= 0.6 is 0 Å². The number of amides is 4. The maximum Gasteiger partial charge on any atom is 0.261 e. The minimum absolute atomic E-state index is 0.158. The number of hydrogen-bond donors (Lipinski definition) is 1. The summed E-state index contributed by atoms with van der Waals surface area (Å²) in [5.41, 5.74) is 2.66. The Balaban J connectivity index is 1.27. The van der Waals surface area contributed by atoms with Crippen LogP contribution in [0.15, 0.2) is 91.0 Å². The van der Waals surface area contributed by atoms with Crippen LogP contribution in [0.5, 0.6) is 0 Å². The van der Waals surface area contributed by atoms with Crippen LogP contribution in [0.25, 0.3) is 53.9 Å². The average molecular weight is 589 g/mol. The van der Waals surface area contributed by atoms with Crippen molar-refractivity contribution in [2.75, 3.05) is 6.61 Å². The van der Waals surface area contributed by atoms with E-state index in [1.807, 2.05) is 66.7 Å². The third kappa shape index (κ3) is 3.22. The Bertz CT molecular complexity index is 2390. The third-order valence-corrected chi connectivity index (χ3v) is 9.66. The Morgan fingerprint density at radius 3 is 1.51 bits per heavy atom. The number of nitrogens with zero attached hydrogens (tertiary/aromatic N) is 2. The van der Waals surface area contributed by atoms with Crippen LogP contribution in [0.1, 0.15) is 53.9 Å². The predicted molar refractivity (Wildman–Crippen MR) is 173 cm³/mol. The second-order valence-corrected chi connectivity index (χ2v) is 12.0. The number of imide groups is 2. The normalized spacial score (nSPS) is 15.5. The summed E-state index contributed by atoms with van der Waals surface area (Å²) < 4.78 is 0. The second kappa shape index (κ2) is 8.94. The Morgan fingerprint density at radius 2 is 1.00 bits per heavy atom. The summed E-state index contributed by atoms with van der Waals surface area (Å²) in [6.45, 7) is 1.47. The van der Waals surface area contributed by atoms with Crippen molar-refractivity contribution in [2.24, 2.45) is 0 Å². The molecule has 0 bridgehead atoms. The van der Waals surface area contributed by atoms with Gasteiger partial charge in [0.05, 0.1) is 19.2 Å². The summed E-state index contributed by atoms with van der Waals surface area (Å²) in [7, 11) is 0. The topological polar surface area (TPSA) is 95.0 Å². The maximum atomic E-state index is 14.0. The van der Waals surface area contributed by atoms with Crippen LogP contribution in [0, 0.1) is 0 Å². The van der Waals surface area contributed by atoms with E-state index in [1.165, 1.54) is 4.90 Å². The van der Waals surface area contributed by atoms with E-state index >= 15 is 0 Å². The first-order valence-corrected chi connectivity index (χ1v) is 14.9. The van der Waals surface area contributed by atoms with Gasteiger partial charge in [0.25, 0.3) is 23.6 Å². The zero-order chi connectivity index (χ0) is 30.7. The van der Waals surface area contributed by atoms with Crippen molar-refractivity contribution in [1.29, 1.82) is 0 Å². The Labute approximate surface area is 256 Å². The molecule has 1 unspecified atom stereocenters. The highest BCUT2D eigenvalue weighted by Gasteiger charge is 2.38. The van der Waals surface area contributed by atoms with Crippen molar-refractivity contribution in [3.8, 4) is 0 Å². The first kappa shape index (κ1) is 25.8. The van der Waals surface area contributed by atoms with Gasteiger partial charge in [0.2, 0.25) is 0 Å². The van der Waals surface area contributed by atoms with Gasteiger partial charge in [-0.05, 0) is 79.8 Å². The molecule has 9 rings (SSSR count). The van der Waals surface area contributed by atoms with Gasteiger partial charge in [-0.3, -0.25) is 29.0 Å². The lowest BCUT2D eigenvalue weighted by Crippen LogP contribution is -2.47. The van der Waals surface area contributed by atoms with Crippen LogP contribution in [0.2, 0.25) is 0 Å². The summed E-state index contributed by atoms with van der Waals surface area (Å²) in [6.07, 6.45) is 0. The van der Waals surface area contributed by atoms with Crippen LogP contribution < -0.4 is 0 Å². The SMILES string of the molecule is CC(CO)N1C(=O)c2ccc3c4ccc5c6c(ccc(c7ccc(c2c37)C1=O)c64)C(=O)N(Cc1cccc2ccccc12)C5=O. The number of carbonyl (C=O) groups excluding carboxylic acids is 4. The van der Waals surface area contributed by atoms with Gasteiger partial charge >= 0.3 is 0 Å². The molecule has 0 fully saturated rings. The van der Waals surface area contributed by atoms with Gasteiger partial charge in [-0.15, -0.1) is 0 Å². The average Bonchev–Trinajstić information content (AvgIpc) is 3.07. The fourth-order valence-corrected chi connectivity index (χ4v) is 7.56. The van der Waals surface area contributed by atoms with Crippen LogP contribution in [-0.4, -0.2) is 51.2 Å². The molecule has 216 valence electrons. The standard InChI is InChI=1S/C38H24N2O5/c1-19(18-41)40-37(44)29-15-11-25-23-9-13-27-33-28(14-10-24(31(23)33)26-12-16-30(38(40)45)34(29)32(25)26)36(43)39(35(27)42)17-21-7-4-6-20-5-2-3-8-22(20)21/h2-16,19,41H,17-18H2,1H3. The molecule has 2 aliphatic rings. The lowest BCUT2D eigenvalue weighted by atomic mass is 9.82. The minimum atomic E-state index is -0.660. The zero-order valence-corrected chi connectivity index (χ0v) is 24.1. The fraction of sp³-hybridized carbons (Fsp3) is 0.105. The maximum absolute atomic E-state index is 14.0. The molecule has 4 amide bonds. The van der Waals surface area contributed by atoms with Gasteiger partial charge in [-0.25, -0.2) is 0 Å². The molecule has 7 aromatic carbocycles. The van der Waals surface area contributed by atoms with Crippen molar-refractivity contribution in [3.05, 3.63) is 119 Å². The van der Waals surface area contributed by atoms with Crippen molar-refractivity contribution in [2.45, 2.75) is 19.5 Å². The molecule has 0 saturated carbocycles. The quantitative estimate of drug-likeness (QED) is 0.141. The molecule has 7 nitrogen and oxygen atoms in total. The highest BCUT2D eigenvalue weighted by atomic mass is 16.3. The first-order valence-electron chi connectivity index (χ1n) is 14.9. The number of fused-ring (bicyclic) bond motifs is 3. The van der Waals surface area contributed by atoms with Crippen molar-refractivity contribution in [1.82, 2.24) is 9.80 Å². The molecule has 0 aromatic heterocycles. The van der Waals surface area contributed by atoms with E-state index in [-0.39, 0.29) is 25.0 Å². The van der Waals surface area contributed by atoms with E-state index in [0.717, 1.165) is 53.6 Å². The number of carbonyl (C=O) groups is 4. The zero-order valence-electron chi connectivity index (χ0n) is 24.1. The minimum Gasteiger partial charge on any atom is -0.394 e. The van der Waals surface area contributed by atoms with E-state index in [9.17, 15) is 24.3 Å². The molecule has 1 atom stereocenters. The van der Waals surface area contributed by atoms with Gasteiger partial charge in [-0.1, -0.05) is 66.7 Å². The molecule has 1 N–H and O–H groups in total. The smallest absolute Gasteiger partial charge is 0.261 e. The number of hydrogen-bond acceptors (Lipinski definition) is 5. The summed E-state index contributed by atoms with van der Waals surface area (Å²) >= 11 is 0. The molecule has 0 spiro atoms. The van der Waals surface area contributed by atoms with Gasteiger partial charge < -0.3 is 5.11 Å². The van der Waals surface area contributed by atoms with E-state index in [4.69, 9.17) is 0 Å². The molecule has 0 radical (unpaired) electrons. The molecular weight excluding hydrogens is 564 g/mol. The number of aliphatic hydroxyl groups excluding tert-OH is 1. The summed E-state index contributed by atoms with van der Waals surface area (Å²) in [6, 6.07) is 27.8. The summed E-state index contributed by atoms with van der Waals surface area (Å²) in [5, 5.41) is 18.0. The van der Waals surface area contributed by atoms with Gasteiger partial charge in [0, 0.05) is 33.0 Å². The van der Waals surface area contributed by atoms with Crippen LogP contribution in [0.3, 0.4) is 0 Å². The van der Waals surface area contributed by atoms with E-state index in [1.54, 1.807) is 31.2 Å². The Morgan fingerprint density at radius 1 is 0.533 bits per heavy atom. The lowest BCUT2D eigenvalue weighted by Gasteiger charge is -2.32. The predicted octanol–water partition coefficient (Wildman–Crippen LogP) is 6.66. The highest BCUT2D eigenvalue weighted by Crippen LogP contribution is 2.46. The second-order valence-electron chi connectivity index (χ2n) is 12.0. The third-order valence-electron chi connectivity index (χ3n) is 9.66. The van der Waals surface area contributed by atoms with E-state index in [2.05, 4.69) is 0 Å². The molecule has 7 heteroatoms. The van der Waals surface area contributed by atoms with Crippen LogP contribution in [0.4, 0.5) is 0 Å². The molecule has 2 aliphatic heterocycles. The Hall–Kier alpha value is -5.66. The Kier molecular flexibility index (Phi) is 5.12. The van der Waals surface area contributed by atoms with Gasteiger partial charge in [0.1, 0.15) is 0 Å². The molecule has 45 heavy (non-hydrogen) atoms. The largest absolute Gasteiger partial charge is 0.394 e. The summed E-state index contributed by atoms with van der Waals surface area (Å²) in [4.78, 5) is 57.6. The molecule has 7 aromatic rings. The van der Waals surface area contributed by atoms with Crippen molar-refractivity contribution >= 4 is 77.5 Å². The molecule has 2 heterocycles. The first-order chi connectivity index (χ1) is 21.9. The number of rotatable bonds is 4. The summed E-state index contributed by atoms with van der Waals surface area (Å²) in [5.74, 6) is -1.54. The van der Waals surface area contributed by atoms with Crippen LogP contribution in [-0.2, 0) is 6.54 Å².